The molecule has 0 fully saturated rings. The Labute approximate surface area is 143 Å². The average molecular weight is 396 g/mol. The standard InChI is InChI=1S/C12H11Cl2N3O4S2/c13-9-3-1-7(5-11(9)15)22(18,19)17-23(20,21)8-2-4-10(14)12(16)6-8/h1-6,17H,15-16H2. The van der Waals surface area contributed by atoms with Crippen molar-refractivity contribution >= 4 is 54.6 Å². The molecule has 5 N–H and O–H groups in total. The lowest BCUT2D eigenvalue weighted by molar-refractivity contribution is 0.577. The second-order valence-electron chi connectivity index (χ2n) is 4.46. The van der Waals surface area contributed by atoms with E-state index in [1.807, 2.05) is 0 Å². The zero-order valence-electron chi connectivity index (χ0n) is 11.3. The first-order valence-electron chi connectivity index (χ1n) is 5.91. The van der Waals surface area contributed by atoms with Gasteiger partial charge in [-0.1, -0.05) is 23.2 Å². The first-order chi connectivity index (χ1) is 10.5. The molecule has 0 unspecified atom stereocenters. The molecule has 0 aliphatic heterocycles. The number of hydrogen-bond acceptors (Lipinski definition) is 6. The van der Waals surface area contributed by atoms with Gasteiger partial charge in [0.25, 0.3) is 20.0 Å². The largest absolute Gasteiger partial charge is 0.397 e. The molecule has 0 heterocycles. The Hall–Kier alpha value is -1.52. The van der Waals surface area contributed by atoms with Crippen LogP contribution < -0.4 is 15.6 Å². The molecule has 0 saturated carbocycles. The van der Waals surface area contributed by atoms with Crippen molar-refractivity contribution in [3.05, 3.63) is 46.4 Å². The van der Waals surface area contributed by atoms with Gasteiger partial charge in [0.1, 0.15) is 0 Å². The van der Waals surface area contributed by atoms with Crippen LogP contribution in [-0.4, -0.2) is 16.8 Å². The van der Waals surface area contributed by atoms with Crippen molar-refractivity contribution in [3.8, 4) is 0 Å². The van der Waals surface area contributed by atoms with E-state index in [2.05, 4.69) is 0 Å². The SMILES string of the molecule is Nc1cc(S(=O)(=O)NS(=O)(=O)c2ccc(Cl)c(N)c2)ccc1Cl. The van der Waals surface area contributed by atoms with Gasteiger partial charge < -0.3 is 11.5 Å². The number of halogens is 2. The third-order valence-electron chi connectivity index (χ3n) is 2.77. The highest BCUT2D eigenvalue weighted by molar-refractivity contribution is 8.04. The molecule has 0 saturated heterocycles. The maximum absolute atomic E-state index is 12.2. The smallest absolute Gasteiger partial charge is 0.253 e. The summed E-state index contributed by atoms with van der Waals surface area (Å²) in [5, 5.41) is 0.301. The quantitative estimate of drug-likeness (QED) is 0.676. The van der Waals surface area contributed by atoms with Crippen LogP contribution in [0.2, 0.25) is 10.0 Å². The number of rotatable bonds is 4. The van der Waals surface area contributed by atoms with Crippen LogP contribution in [0.1, 0.15) is 0 Å². The van der Waals surface area contributed by atoms with Crippen LogP contribution in [0.4, 0.5) is 11.4 Å². The summed E-state index contributed by atoms with van der Waals surface area (Å²) in [6.45, 7) is 0. The van der Waals surface area contributed by atoms with E-state index in [1.54, 1.807) is 4.13 Å². The van der Waals surface area contributed by atoms with E-state index in [0.717, 1.165) is 24.3 Å². The summed E-state index contributed by atoms with van der Waals surface area (Å²) in [6.07, 6.45) is 0. The maximum atomic E-state index is 12.2. The van der Waals surface area contributed by atoms with Crippen molar-refractivity contribution in [1.29, 1.82) is 0 Å². The van der Waals surface area contributed by atoms with Crippen LogP contribution in [0.15, 0.2) is 46.2 Å². The van der Waals surface area contributed by atoms with E-state index in [4.69, 9.17) is 34.7 Å². The molecule has 0 aromatic heterocycles. The zero-order chi connectivity index (χ0) is 17.4. The second-order valence-corrected chi connectivity index (χ2v) is 8.89. The van der Waals surface area contributed by atoms with E-state index < -0.39 is 20.0 Å². The van der Waals surface area contributed by atoms with Gasteiger partial charge >= 0.3 is 0 Å². The van der Waals surface area contributed by atoms with Crippen LogP contribution in [0.5, 0.6) is 0 Å². The number of nitrogen functional groups attached to an aromatic ring is 2. The van der Waals surface area contributed by atoms with Crippen LogP contribution in [0.3, 0.4) is 0 Å². The number of nitrogens with two attached hydrogens (primary N) is 2. The number of anilines is 2. The second kappa shape index (κ2) is 6.17. The van der Waals surface area contributed by atoms with Crippen LogP contribution in [-0.2, 0) is 20.0 Å². The molecular weight excluding hydrogens is 385 g/mol. The number of nitrogens with one attached hydrogen (secondary N) is 1. The molecule has 0 aliphatic carbocycles. The minimum absolute atomic E-state index is 0.00248. The van der Waals surface area contributed by atoms with Gasteiger partial charge in [-0.15, -0.1) is 4.13 Å². The van der Waals surface area contributed by atoms with Crippen LogP contribution in [0, 0.1) is 0 Å². The molecule has 2 aromatic rings. The minimum atomic E-state index is -4.38. The Morgan fingerprint density at radius 3 is 1.39 bits per heavy atom. The molecule has 11 heteroatoms. The first-order valence-corrected chi connectivity index (χ1v) is 9.64. The van der Waals surface area contributed by atoms with Gasteiger partial charge in [-0.05, 0) is 36.4 Å². The van der Waals surface area contributed by atoms with Crippen molar-refractivity contribution < 1.29 is 16.8 Å². The maximum Gasteiger partial charge on any atom is 0.253 e. The highest BCUT2D eigenvalue weighted by atomic mass is 35.5. The third kappa shape index (κ3) is 3.88. The Bertz CT molecular complexity index is 896. The van der Waals surface area contributed by atoms with Gasteiger partial charge in [0, 0.05) is 0 Å². The Morgan fingerprint density at radius 2 is 1.09 bits per heavy atom. The molecule has 0 bridgehead atoms. The monoisotopic (exact) mass is 395 g/mol. The molecular formula is C12H11Cl2N3O4S2. The topological polar surface area (TPSA) is 132 Å². The Balaban J connectivity index is 2.42. The van der Waals surface area contributed by atoms with Gasteiger partial charge in [-0.3, -0.25) is 0 Å². The number of benzene rings is 2. The summed E-state index contributed by atoms with van der Waals surface area (Å²) in [6, 6.07) is 6.86. The lowest BCUT2D eigenvalue weighted by Gasteiger charge is -2.10. The summed E-state index contributed by atoms with van der Waals surface area (Å²) in [7, 11) is -8.76. The molecule has 7 nitrogen and oxygen atoms in total. The third-order valence-corrected chi connectivity index (χ3v) is 6.97. The Morgan fingerprint density at radius 1 is 0.739 bits per heavy atom. The summed E-state index contributed by atoms with van der Waals surface area (Å²) in [5.41, 5.74) is 11.1. The van der Waals surface area contributed by atoms with Gasteiger partial charge in [0.15, 0.2) is 0 Å². The molecule has 0 spiro atoms. The summed E-state index contributed by atoms with van der Waals surface area (Å²) >= 11 is 11.4. The Kier molecular flexibility index (Phi) is 4.79. The summed E-state index contributed by atoms with van der Waals surface area (Å²) in [4.78, 5) is -0.685. The van der Waals surface area contributed by atoms with E-state index >= 15 is 0 Å². The van der Waals surface area contributed by atoms with Crippen LogP contribution >= 0.6 is 23.2 Å². The number of hydrogen-bond donors (Lipinski definition) is 3. The fourth-order valence-electron chi connectivity index (χ4n) is 1.62. The van der Waals surface area contributed by atoms with Gasteiger partial charge in [0.2, 0.25) is 0 Å². The highest BCUT2D eigenvalue weighted by Crippen LogP contribution is 2.25. The number of sulfonamides is 2. The predicted molar refractivity (Wildman–Crippen MR) is 89.2 cm³/mol. The molecule has 23 heavy (non-hydrogen) atoms. The van der Waals surface area contributed by atoms with E-state index in [-0.39, 0.29) is 31.2 Å². The molecule has 2 aromatic carbocycles. The highest BCUT2D eigenvalue weighted by Gasteiger charge is 2.25. The van der Waals surface area contributed by atoms with Gasteiger partial charge in [-0.2, -0.15) is 0 Å². The molecule has 0 atom stereocenters. The fourth-order valence-corrected chi connectivity index (χ4v) is 4.84. The van der Waals surface area contributed by atoms with Crippen molar-refractivity contribution in [2.75, 3.05) is 11.5 Å². The van der Waals surface area contributed by atoms with Crippen LogP contribution in [0.25, 0.3) is 0 Å². The predicted octanol–water partition coefficient (Wildman–Crippen LogP) is 1.82. The molecule has 0 aliphatic rings. The summed E-state index contributed by atoms with van der Waals surface area (Å²) < 4.78 is 50.4. The lowest BCUT2D eigenvalue weighted by atomic mass is 10.3. The fraction of sp³-hybridized carbons (Fsp3) is 0. The van der Waals surface area contributed by atoms with E-state index in [0.29, 0.717) is 0 Å². The first kappa shape index (κ1) is 17.8. The molecule has 2 rings (SSSR count). The molecule has 124 valence electrons. The van der Waals surface area contributed by atoms with Gasteiger partial charge in [0.05, 0.1) is 31.2 Å². The van der Waals surface area contributed by atoms with Crippen molar-refractivity contribution in [3.63, 3.8) is 0 Å². The normalized spacial score (nSPS) is 12.3. The lowest BCUT2D eigenvalue weighted by Crippen LogP contribution is -2.30. The minimum Gasteiger partial charge on any atom is -0.397 e. The summed E-state index contributed by atoms with van der Waals surface area (Å²) in [5.74, 6) is 0. The van der Waals surface area contributed by atoms with E-state index in [1.165, 1.54) is 12.1 Å². The van der Waals surface area contributed by atoms with Gasteiger partial charge in [-0.25, -0.2) is 16.8 Å². The zero-order valence-corrected chi connectivity index (χ0v) is 14.5. The van der Waals surface area contributed by atoms with E-state index in [9.17, 15) is 16.8 Å². The van der Waals surface area contributed by atoms with Crippen molar-refractivity contribution in [2.45, 2.75) is 9.79 Å². The van der Waals surface area contributed by atoms with Crippen molar-refractivity contribution in [2.24, 2.45) is 0 Å². The molecule has 0 radical (unpaired) electrons. The molecule has 0 amide bonds. The van der Waals surface area contributed by atoms with Crippen molar-refractivity contribution in [1.82, 2.24) is 4.13 Å². The average Bonchev–Trinajstić information content (AvgIpc) is 2.43.